The van der Waals surface area contributed by atoms with E-state index in [9.17, 15) is 10.2 Å². The van der Waals surface area contributed by atoms with Crippen molar-refractivity contribution in [2.45, 2.75) is 76.3 Å². The summed E-state index contributed by atoms with van der Waals surface area (Å²) in [7, 11) is 0. The molecule has 4 heteroatoms. The molecule has 2 aliphatic carbocycles. The van der Waals surface area contributed by atoms with Crippen LogP contribution in [-0.4, -0.2) is 41.4 Å². The number of unbranched alkanes of at least 4 members (excludes halogenated alkanes) is 4. The molecule has 132 valence electrons. The van der Waals surface area contributed by atoms with E-state index < -0.39 is 5.79 Å². The number of hydrogen-bond donors (Lipinski definition) is 2. The van der Waals surface area contributed by atoms with E-state index in [-0.39, 0.29) is 18.1 Å². The number of ether oxygens (including phenoxy) is 2. The Morgan fingerprint density at radius 3 is 2.65 bits per heavy atom. The van der Waals surface area contributed by atoms with Crippen molar-refractivity contribution in [3.05, 3.63) is 12.2 Å². The largest absolute Gasteiger partial charge is 0.392 e. The van der Waals surface area contributed by atoms with Gasteiger partial charge in [0.15, 0.2) is 5.79 Å². The minimum atomic E-state index is -0.397. The Bertz CT molecular complexity index is 402. The molecule has 23 heavy (non-hydrogen) atoms. The molecule has 0 radical (unpaired) electrons. The number of hydrogen-bond acceptors (Lipinski definition) is 4. The Morgan fingerprint density at radius 2 is 1.91 bits per heavy atom. The van der Waals surface area contributed by atoms with Crippen LogP contribution in [0.2, 0.25) is 0 Å². The molecule has 1 saturated heterocycles. The van der Waals surface area contributed by atoms with Gasteiger partial charge in [-0.15, -0.1) is 0 Å². The first-order chi connectivity index (χ1) is 11.2. The summed E-state index contributed by atoms with van der Waals surface area (Å²) in [4.78, 5) is 0. The van der Waals surface area contributed by atoms with E-state index in [0.29, 0.717) is 25.0 Å². The molecule has 2 N–H and O–H groups in total. The average molecular weight is 324 g/mol. The van der Waals surface area contributed by atoms with Crippen molar-refractivity contribution in [1.29, 1.82) is 0 Å². The van der Waals surface area contributed by atoms with Gasteiger partial charge in [-0.25, -0.2) is 0 Å². The zero-order valence-electron chi connectivity index (χ0n) is 14.3. The molecule has 5 atom stereocenters. The van der Waals surface area contributed by atoms with Crippen LogP contribution in [0.25, 0.3) is 0 Å². The third-order valence-electron chi connectivity index (χ3n) is 5.97. The Balaban J connectivity index is 1.41. The van der Waals surface area contributed by atoms with Crippen molar-refractivity contribution < 1.29 is 19.7 Å². The lowest BCUT2D eigenvalue weighted by atomic mass is 9.69. The Labute approximate surface area is 139 Å². The molecular weight excluding hydrogens is 292 g/mol. The van der Waals surface area contributed by atoms with Crippen molar-refractivity contribution in [2.24, 2.45) is 17.8 Å². The summed E-state index contributed by atoms with van der Waals surface area (Å²) in [6.07, 6.45) is 11.9. The van der Waals surface area contributed by atoms with Gasteiger partial charge in [0.2, 0.25) is 0 Å². The molecule has 3 fully saturated rings. The summed E-state index contributed by atoms with van der Waals surface area (Å²) in [6, 6.07) is 0. The predicted octanol–water partition coefficient (Wildman–Crippen LogP) is 3.02. The summed E-state index contributed by atoms with van der Waals surface area (Å²) >= 11 is 0. The van der Waals surface area contributed by atoms with Crippen LogP contribution in [0, 0.1) is 17.8 Å². The van der Waals surface area contributed by atoms with Crippen molar-refractivity contribution in [3.8, 4) is 0 Å². The number of aliphatic hydroxyl groups excluding tert-OH is 2. The smallest absolute Gasteiger partial charge is 0.172 e. The molecule has 0 aromatic rings. The molecule has 0 aromatic heterocycles. The summed E-state index contributed by atoms with van der Waals surface area (Å²) in [5.74, 6) is 0.355. The second-order valence-corrected chi connectivity index (χ2v) is 7.53. The lowest BCUT2D eigenvalue weighted by Crippen LogP contribution is -2.54. The molecule has 3 rings (SSSR count). The highest BCUT2D eigenvalue weighted by Gasteiger charge is 2.64. The van der Waals surface area contributed by atoms with Crippen molar-refractivity contribution >= 4 is 0 Å². The molecule has 0 aromatic carbocycles. The SMILES string of the molecule is CCCCCCCC(O)C=CC1C[C@H]2[C@@H](CC23OCCO3)C1O. The van der Waals surface area contributed by atoms with E-state index >= 15 is 0 Å². The van der Waals surface area contributed by atoms with Crippen molar-refractivity contribution in [1.82, 2.24) is 0 Å². The van der Waals surface area contributed by atoms with Gasteiger partial charge in [0, 0.05) is 18.3 Å². The zero-order chi connectivity index (χ0) is 16.3. The maximum absolute atomic E-state index is 10.5. The van der Waals surface area contributed by atoms with Crippen LogP contribution in [0.4, 0.5) is 0 Å². The van der Waals surface area contributed by atoms with Crippen molar-refractivity contribution in [3.63, 3.8) is 0 Å². The number of aliphatic hydroxyl groups is 2. The lowest BCUT2D eigenvalue weighted by molar-refractivity contribution is -0.275. The standard InChI is InChI=1S/C19H32O4/c1-2-3-4-5-6-7-15(20)9-8-14-12-17-16(18(14)21)13-19(17)22-10-11-23-19/h8-9,14-18,20-21H,2-7,10-13H2,1H3/t14?,15?,16-,17+,18?/m1/s1. The van der Waals surface area contributed by atoms with Gasteiger partial charge in [-0.3, -0.25) is 0 Å². The van der Waals surface area contributed by atoms with Gasteiger partial charge in [-0.2, -0.15) is 0 Å². The summed E-state index contributed by atoms with van der Waals surface area (Å²) < 4.78 is 11.6. The Hall–Kier alpha value is -0.420. The van der Waals surface area contributed by atoms with E-state index in [1.54, 1.807) is 0 Å². The first-order valence-corrected chi connectivity index (χ1v) is 9.48. The quantitative estimate of drug-likeness (QED) is 0.532. The van der Waals surface area contributed by atoms with Gasteiger partial charge in [-0.1, -0.05) is 51.2 Å². The highest BCUT2D eigenvalue weighted by Crippen LogP contribution is 2.59. The molecule has 3 aliphatic rings. The van der Waals surface area contributed by atoms with E-state index in [0.717, 1.165) is 25.7 Å². The Morgan fingerprint density at radius 1 is 1.17 bits per heavy atom. The molecule has 3 unspecified atom stereocenters. The van der Waals surface area contributed by atoms with Gasteiger partial charge in [0.05, 0.1) is 25.4 Å². The summed E-state index contributed by atoms with van der Waals surface area (Å²) in [5, 5.41) is 20.6. The fourth-order valence-electron chi connectivity index (χ4n) is 4.57. The molecule has 2 saturated carbocycles. The predicted molar refractivity (Wildman–Crippen MR) is 88.9 cm³/mol. The van der Waals surface area contributed by atoms with Gasteiger partial charge in [0.25, 0.3) is 0 Å². The van der Waals surface area contributed by atoms with Crippen molar-refractivity contribution in [2.75, 3.05) is 13.2 Å². The Kier molecular flexibility index (Phi) is 5.78. The van der Waals surface area contributed by atoms with Gasteiger partial charge < -0.3 is 19.7 Å². The second kappa shape index (κ2) is 7.64. The van der Waals surface area contributed by atoms with Gasteiger partial charge in [-0.05, 0) is 18.8 Å². The molecule has 0 bridgehead atoms. The van der Waals surface area contributed by atoms with Crippen LogP contribution in [0.3, 0.4) is 0 Å². The monoisotopic (exact) mass is 324 g/mol. The first kappa shape index (κ1) is 17.4. The van der Waals surface area contributed by atoms with Crippen LogP contribution in [0.15, 0.2) is 12.2 Å². The first-order valence-electron chi connectivity index (χ1n) is 9.48. The minimum absolute atomic E-state index is 0.131. The normalized spacial score (nSPS) is 36.5. The van der Waals surface area contributed by atoms with Crippen LogP contribution in [0.5, 0.6) is 0 Å². The second-order valence-electron chi connectivity index (χ2n) is 7.53. The molecule has 0 amide bonds. The average Bonchev–Trinajstić information content (AvgIpc) is 3.11. The molecular formula is C19H32O4. The van der Waals surface area contributed by atoms with E-state index in [2.05, 4.69) is 6.92 Å². The third kappa shape index (κ3) is 3.65. The minimum Gasteiger partial charge on any atom is -0.392 e. The summed E-state index contributed by atoms with van der Waals surface area (Å²) in [6.45, 7) is 3.57. The van der Waals surface area contributed by atoms with E-state index in [1.165, 1.54) is 25.7 Å². The van der Waals surface area contributed by atoms with Crippen LogP contribution >= 0.6 is 0 Å². The zero-order valence-corrected chi connectivity index (χ0v) is 14.3. The highest BCUT2D eigenvalue weighted by molar-refractivity contribution is 5.13. The van der Waals surface area contributed by atoms with Crippen LogP contribution in [-0.2, 0) is 9.47 Å². The third-order valence-corrected chi connectivity index (χ3v) is 5.97. The van der Waals surface area contributed by atoms with Crippen LogP contribution in [0.1, 0.15) is 58.3 Å². The maximum atomic E-state index is 10.5. The lowest BCUT2D eigenvalue weighted by Gasteiger charge is -2.48. The van der Waals surface area contributed by atoms with Crippen LogP contribution < -0.4 is 0 Å². The number of rotatable bonds is 8. The molecule has 1 spiro atoms. The fourth-order valence-corrected chi connectivity index (χ4v) is 4.57. The maximum Gasteiger partial charge on any atom is 0.172 e. The summed E-state index contributed by atoms with van der Waals surface area (Å²) in [5.41, 5.74) is 0. The van der Waals surface area contributed by atoms with E-state index in [4.69, 9.17) is 9.47 Å². The molecule has 4 nitrogen and oxygen atoms in total. The number of fused-ring (bicyclic) bond motifs is 2. The molecule has 1 aliphatic heterocycles. The highest BCUT2D eigenvalue weighted by atomic mass is 16.7. The molecule has 1 heterocycles. The van der Waals surface area contributed by atoms with E-state index in [1.807, 2.05) is 12.2 Å². The van der Waals surface area contributed by atoms with Gasteiger partial charge in [0.1, 0.15) is 0 Å². The fraction of sp³-hybridized carbons (Fsp3) is 0.895. The van der Waals surface area contributed by atoms with Gasteiger partial charge >= 0.3 is 0 Å². The topological polar surface area (TPSA) is 58.9 Å².